The van der Waals surface area contributed by atoms with Gasteiger partial charge in [0, 0.05) is 5.69 Å². The van der Waals surface area contributed by atoms with Crippen LogP contribution in [0.25, 0.3) is 0 Å². The molecule has 22 heavy (non-hydrogen) atoms. The molecule has 5 N–H and O–H groups in total. The molecule has 0 bridgehead atoms. The number of amides is 2. The van der Waals surface area contributed by atoms with E-state index >= 15 is 0 Å². The van der Waals surface area contributed by atoms with Crippen molar-refractivity contribution < 1.29 is 23.9 Å². The van der Waals surface area contributed by atoms with E-state index < -0.39 is 17.6 Å². The maximum Gasteiger partial charge on any atom is 0.290 e. The molecule has 0 aliphatic carbocycles. The number of H-pyrrole nitrogens is 1. The predicted octanol–water partition coefficient (Wildman–Crippen LogP) is -0.0753. The highest BCUT2D eigenvalue weighted by atomic mass is 19.1. The number of primary amides is 1. The van der Waals surface area contributed by atoms with Crippen molar-refractivity contribution in [2.24, 2.45) is 5.73 Å². The highest BCUT2D eigenvalue weighted by molar-refractivity contribution is 6.01. The molecule has 0 aliphatic heterocycles. The van der Waals surface area contributed by atoms with Crippen LogP contribution in [0.3, 0.4) is 0 Å². The Hall–Kier alpha value is -3.30. The molecule has 2 aromatic rings. The summed E-state index contributed by atoms with van der Waals surface area (Å²) in [5, 5.41) is 15.3. The van der Waals surface area contributed by atoms with Gasteiger partial charge in [0.25, 0.3) is 12.4 Å². The van der Waals surface area contributed by atoms with Crippen LogP contribution in [-0.2, 0) is 16.0 Å². The van der Waals surface area contributed by atoms with Gasteiger partial charge < -0.3 is 16.2 Å². The van der Waals surface area contributed by atoms with E-state index in [2.05, 4.69) is 20.5 Å². The van der Waals surface area contributed by atoms with Crippen LogP contribution < -0.4 is 11.1 Å². The van der Waals surface area contributed by atoms with Crippen LogP contribution in [-0.4, -0.2) is 38.6 Å². The number of rotatable bonds is 4. The van der Waals surface area contributed by atoms with Crippen LogP contribution in [0.4, 0.5) is 10.1 Å². The van der Waals surface area contributed by atoms with Gasteiger partial charge in [-0.2, -0.15) is 5.10 Å². The zero-order chi connectivity index (χ0) is 16.5. The quantitative estimate of drug-likeness (QED) is 0.580. The maximum absolute atomic E-state index is 12.6. The van der Waals surface area contributed by atoms with Gasteiger partial charge in [-0.3, -0.25) is 24.5 Å². The molecule has 2 rings (SSSR count). The Labute approximate surface area is 123 Å². The summed E-state index contributed by atoms with van der Waals surface area (Å²) in [5.41, 5.74) is 5.70. The molecule has 0 unspecified atom stereocenters. The first kappa shape index (κ1) is 16.8. The fourth-order valence-corrected chi connectivity index (χ4v) is 1.44. The molecule has 2 heterocycles. The van der Waals surface area contributed by atoms with Crippen LogP contribution in [0.2, 0.25) is 0 Å². The fraction of sp³-hybridized carbons (Fsp3) is 0.0833. The molecule has 2 amide bonds. The second-order valence-electron chi connectivity index (χ2n) is 3.82. The Bertz CT molecular complexity index is 656. The number of halogens is 1. The molecule has 0 saturated heterocycles. The van der Waals surface area contributed by atoms with Crippen molar-refractivity contribution in [2.45, 2.75) is 6.42 Å². The first-order valence-corrected chi connectivity index (χ1v) is 5.79. The summed E-state index contributed by atoms with van der Waals surface area (Å²) in [6.45, 7) is -0.250. The van der Waals surface area contributed by atoms with Gasteiger partial charge in [-0.15, -0.1) is 0 Å². The van der Waals surface area contributed by atoms with E-state index in [1.807, 2.05) is 0 Å². The van der Waals surface area contributed by atoms with E-state index in [-0.39, 0.29) is 24.3 Å². The van der Waals surface area contributed by atoms with Crippen LogP contribution >= 0.6 is 0 Å². The largest absolute Gasteiger partial charge is 0.483 e. The van der Waals surface area contributed by atoms with Crippen LogP contribution in [0, 0.1) is 5.82 Å². The summed E-state index contributed by atoms with van der Waals surface area (Å²) < 4.78 is 12.6. The van der Waals surface area contributed by atoms with Gasteiger partial charge in [-0.25, -0.2) is 4.39 Å². The topological polar surface area (TPSA) is 151 Å². The fourth-order valence-electron chi connectivity index (χ4n) is 1.44. The molecule has 0 atom stereocenters. The van der Waals surface area contributed by atoms with Crippen molar-refractivity contribution in [1.82, 2.24) is 15.2 Å². The molecular weight excluding hydrogens is 297 g/mol. The van der Waals surface area contributed by atoms with Crippen LogP contribution in [0.15, 0.2) is 24.5 Å². The number of hydrogen-bond acceptors (Lipinski definition) is 5. The van der Waals surface area contributed by atoms with Crippen molar-refractivity contribution in [1.29, 1.82) is 0 Å². The Morgan fingerprint density at radius 2 is 2.09 bits per heavy atom. The smallest absolute Gasteiger partial charge is 0.290 e. The molecule has 10 heteroatoms. The van der Waals surface area contributed by atoms with Gasteiger partial charge >= 0.3 is 0 Å². The average molecular weight is 309 g/mol. The molecule has 0 aromatic carbocycles. The van der Waals surface area contributed by atoms with E-state index in [9.17, 15) is 14.0 Å². The molecule has 2 aromatic heterocycles. The van der Waals surface area contributed by atoms with Crippen molar-refractivity contribution in [3.63, 3.8) is 0 Å². The highest BCUT2D eigenvalue weighted by Crippen LogP contribution is 2.11. The number of pyridine rings is 1. The molecule has 0 spiro atoms. The van der Waals surface area contributed by atoms with Gasteiger partial charge in [-0.1, -0.05) is 0 Å². The number of nitrogens with two attached hydrogens (primary N) is 1. The zero-order valence-electron chi connectivity index (χ0n) is 11.1. The van der Waals surface area contributed by atoms with Gasteiger partial charge in [0.2, 0.25) is 5.91 Å². The number of carboxylic acid groups (broad SMARTS) is 1. The summed E-state index contributed by atoms with van der Waals surface area (Å²) in [6.07, 6.45) is 2.25. The lowest BCUT2D eigenvalue weighted by Gasteiger charge is -2.03. The Balaban J connectivity index is 0.000000745. The second kappa shape index (κ2) is 8.09. The third-order valence-electron chi connectivity index (χ3n) is 2.29. The van der Waals surface area contributed by atoms with E-state index in [0.29, 0.717) is 5.69 Å². The summed E-state index contributed by atoms with van der Waals surface area (Å²) in [6, 6.07) is 2.61. The first-order chi connectivity index (χ1) is 10.5. The standard InChI is InChI=1S/C11H10FN5O2.CH2O2/c12-6-1-2-7(14-4-6)3-9(18)16-8-5-15-17-10(8)11(13)19;2-1-3/h1-2,4-5H,3H2,(H2,13,19)(H,15,17)(H,16,18);1H,(H,2,3). The zero-order valence-corrected chi connectivity index (χ0v) is 11.1. The Morgan fingerprint density at radius 1 is 1.41 bits per heavy atom. The van der Waals surface area contributed by atoms with Gasteiger partial charge in [0.05, 0.1) is 24.5 Å². The van der Waals surface area contributed by atoms with Crippen molar-refractivity contribution in [2.75, 3.05) is 5.32 Å². The van der Waals surface area contributed by atoms with Crippen molar-refractivity contribution >= 4 is 24.0 Å². The van der Waals surface area contributed by atoms with Gasteiger partial charge in [0.15, 0.2) is 0 Å². The van der Waals surface area contributed by atoms with E-state index in [0.717, 1.165) is 6.20 Å². The molecule has 0 aliphatic rings. The Kier molecular flexibility index (Phi) is 6.16. The van der Waals surface area contributed by atoms with E-state index in [1.54, 1.807) is 0 Å². The molecule has 0 fully saturated rings. The Morgan fingerprint density at radius 3 is 2.64 bits per heavy atom. The minimum atomic E-state index is -0.729. The minimum absolute atomic E-state index is 0.0143. The number of nitrogens with one attached hydrogen (secondary N) is 2. The third kappa shape index (κ3) is 5.00. The SMILES string of the molecule is NC(=O)c1[nH]ncc1NC(=O)Cc1ccc(F)cn1.O=CO. The number of anilines is 1. The van der Waals surface area contributed by atoms with Crippen molar-refractivity contribution in [3.05, 3.63) is 41.7 Å². The van der Waals surface area contributed by atoms with Crippen LogP contribution in [0.5, 0.6) is 0 Å². The summed E-state index contributed by atoms with van der Waals surface area (Å²) >= 11 is 0. The monoisotopic (exact) mass is 309 g/mol. The third-order valence-corrected chi connectivity index (χ3v) is 2.29. The molecule has 0 saturated carbocycles. The molecule has 0 radical (unpaired) electrons. The summed E-state index contributed by atoms with van der Waals surface area (Å²) in [4.78, 5) is 34.8. The molecule has 9 nitrogen and oxygen atoms in total. The second-order valence-corrected chi connectivity index (χ2v) is 3.82. The van der Waals surface area contributed by atoms with Gasteiger partial charge in [-0.05, 0) is 12.1 Å². The molecular formula is C12H12FN5O4. The van der Waals surface area contributed by atoms with Crippen molar-refractivity contribution in [3.8, 4) is 0 Å². The average Bonchev–Trinajstić information content (AvgIpc) is 2.90. The number of carbonyl (C=O) groups excluding carboxylic acids is 2. The molecule has 116 valence electrons. The lowest BCUT2D eigenvalue weighted by molar-refractivity contribution is -0.123. The number of hydrogen-bond donors (Lipinski definition) is 4. The number of aromatic amines is 1. The van der Waals surface area contributed by atoms with Gasteiger partial charge in [0.1, 0.15) is 11.5 Å². The lowest BCUT2D eigenvalue weighted by atomic mass is 10.2. The first-order valence-electron chi connectivity index (χ1n) is 5.79. The summed E-state index contributed by atoms with van der Waals surface area (Å²) in [5.74, 6) is -1.62. The number of aromatic nitrogens is 3. The number of nitrogens with zero attached hydrogens (tertiary/aromatic N) is 2. The number of carbonyl (C=O) groups is 3. The maximum atomic E-state index is 12.6. The van der Waals surface area contributed by atoms with E-state index in [4.69, 9.17) is 15.6 Å². The minimum Gasteiger partial charge on any atom is -0.483 e. The predicted molar refractivity (Wildman–Crippen MR) is 72.3 cm³/mol. The summed E-state index contributed by atoms with van der Waals surface area (Å²) in [7, 11) is 0. The highest BCUT2D eigenvalue weighted by Gasteiger charge is 2.13. The van der Waals surface area contributed by atoms with E-state index in [1.165, 1.54) is 18.3 Å². The normalized spacial score (nSPS) is 9.32. The lowest BCUT2D eigenvalue weighted by Crippen LogP contribution is -2.19. The van der Waals surface area contributed by atoms with Crippen LogP contribution in [0.1, 0.15) is 16.2 Å².